The third-order valence-corrected chi connectivity index (χ3v) is 2.11. The van der Waals surface area contributed by atoms with Gasteiger partial charge in [-0.25, -0.2) is 0 Å². The molecule has 56 valence electrons. The van der Waals surface area contributed by atoms with Gasteiger partial charge in [-0.15, -0.1) is 6.58 Å². The van der Waals surface area contributed by atoms with Crippen LogP contribution in [-0.2, 0) is 4.79 Å². The monoisotopic (exact) mass is 139 g/mol. The lowest BCUT2D eigenvalue weighted by atomic mass is 10.0. The van der Waals surface area contributed by atoms with Crippen LogP contribution in [0, 0.1) is 5.92 Å². The average Bonchev–Trinajstić information content (AvgIpc) is 2.20. The van der Waals surface area contributed by atoms with E-state index in [0.29, 0.717) is 12.3 Å². The molecule has 0 heterocycles. The van der Waals surface area contributed by atoms with Gasteiger partial charge in [-0.05, 0) is 18.8 Å². The van der Waals surface area contributed by atoms with Crippen LogP contribution in [-0.4, -0.2) is 11.8 Å². The molecule has 1 aliphatic rings. The Balaban J connectivity index is 2.48. The molecule has 2 unspecified atom stereocenters. The number of carbonyl (C=O) groups is 1. The largest absolute Gasteiger partial charge is 0.321 e. The molecule has 0 aromatic rings. The summed E-state index contributed by atoms with van der Waals surface area (Å²) in [5.41, 5.74) is 5.61. The first-order chi connectivity index (χ1) is 4.75. The molecule has 0 amide bonds. The summed E-state index contributed by atoms with van der Waals surface area (Å²) in [4.78, 5) is 10.9. The molecule has 0 bridgehead atoms. The second-order valence-corrected chi connectivity index (χ2v) is 2.82. The van der Waals surface area contributed by atoms with E-state index in [4.69, 9.17) is 5.73 Å². The van der Waals surface area contributed by atoms with Crippen molar-refractivity contribution in [3.05, 3.63) is 12.7 Å². The second-order valence-electron chi connectivity index (χ2n) is 2.82. The molecular weight excluding hydrogens is 126 g/mol. The zero-order valence-corrected chi connectivity index (χ0v) is 6.05. The molecule has 0 aromatic heterocycles. The predicted octanol–water partition coefficient (Wildman–Crippen LogP) is 0.869. The van der Waals surface area contributed by atoms with Gasteiger partial charge in [0, 0.05) is 6.42 Å². The first-order valence-corrected chi connectivity index (χ1v) is 3.65. The van der Waals surface area contributed by atoms with Crippen LogP contribution >= 0.6 is 0 Å². The van der Waals surface area contributed by atoms with Crippen LogP contribution in [0.1, 0.15) is 19.3 Å². The van der Waals surface area contributed by atoms with Crippen molar-refractivity contribution in [2.24, 2.45) is 11.7 Å². The number of nitrogens with two attached hydrogens (primary N) is 1. The Morgan fingerprint density at radius 2 is 2.50 bits per heavy atom. The zero-order valence-electron chi connectivity index (χ0n) is 6.05. The minimum absolute atomic E-state index is 0.210. The van der Waals surface area contributed by atoms with Gasteiger partial charge >= 0.3 is 0 Å². The molecule has 0 spiro atoms. The number of ketones is 1. The molecule has 1 aliphatic carbocycles. The van der Waals surface area contributed by atoms with Crippen molar-refractivity contribution in [2.45, 2.75) is 25.3 Å². The Labute approximate surface area is 61.1 Å². The Hall–Kier alpha value is -0.630. The first-order valence-electron chi connectivity index (χ1n) is 3.65. The summed E-state index contributed by atoms with van der Waals surface area (Å²) in [6.45, 7) is 3.62. The fraction of sp³-hybridized carbons (Fsp3) is 0.625. The van der Waals surface area contributed by atoms with E-state index in [2.05, 4.69) is 6.58 Å². The van der Waals surface area contributed by atoms with E-state index in [1.807, 2.05) is 6.08 Å². The Bertz CT molecular complexity index is 153. The fourth-order valence-electron chi connectivity index (χ4n) is 1.42. The van der Waals surface area contributed by atoms with E-state index >= 15 is 0 Å². The van der Waals surface area contributed by atoms with Crippen LogP contribution in [0.4, 0.5) is 0 Å². The van der Waals surface area contributed by atoms with Gasteiger partial charge in [0.1, 0.15) is 5.78 Å². The number of hydrogen-bond donors (Lipinski definition) is 1. The van der Waals surface area contributed by atoms with Crippen molar-refractivity contribution in [1.82, 2.24) is 0 Å². The summed E-state index contributed by atoms with van der Waals surface area (Å²) in [5, 5.41) is 0. The lowest BCUT2D eigenvalue weighted by Gasteiger charge is -2.09. The summed E-state index contributed by atoms with van der Waals surface area (Å²) in [6.07, 6.45) is 4.34. The number of rotatable bonds is 2. The number of allylic oxidation sites excluding steroid dienone is 1. The van der Waals surface area contributed by atoms with Gasteiger partial charge in [0.2, 0.25) is 0 Å². The molecule has 2 heteroatoms. The predicted molar refractivity (Wildman–Crippen MR) is 40.5 cm³/mol. The van der Waals surface area contributed by atoms with Crippen LogP contribution in [0.25, 0.3) is 0 Å². The Morgan fingerprint density at radius 3 is 2.90 bits per heavy atom. The number of Topliss-reactive ketones (excluding diaryl/α,β-unsaturated/α-hetero) is 1. The molecule has 0 saturated heterocycles. The second kappa shape index (κ2) is 2.97. The van der Waals surface area contributed by atoms with Crippen molar-refractivity contribution in [3.8, 4) is 0 Å². The normalized spacial score (nSPS) is 32.7. The van der Waals surface area contributed by atoms with Crippen LogP contribution in [0.5, 0.6) is 0 Å². The zero-order chi connectivity index (χ0) is 7.56. The van der Waals surface area contributed by atoms with E-state index in [9.17, 15) is 4.79 Å². The van der Waals surface area contributed by atoms with Crippen LogP contribution in [0.15, 0.2) is 12.7 Å². The molecule has 0 aliphatic heterocycles. The molecule has 2 N–H and O–H groups in total. The number of carbonyl (C=O) groups excluding carboxylic acids is 1. The van der Waals surface area contributed by atoms with Crippen LogP contribution < -0.4 is 5.73 Å². The molecule has 2 atom stereocenters. The van der Waals surface area contributed by atoms with Crippen molar-refractivity contribution in [2.75, 3.05) is 0 Å². The molecule has 0 radical (unpaired) electrons. The van der Waals surface area contributed by atoms with Gasteiger partial charge in [0.25, 0.3) is 0 Å². The van der Waals surface area contributed by atoms with Gasteiger partial charge in [-0.3, -0.25) is 4.79 Å². The van der Waals surface area contributed by atoms with Crippen molar-refractivity contribution in [1.29, 1.82) is 0 Å². The lowest BCUT2D eigenvalue weighted by molar-refractivity contribution is -0.118. The van der Waals surface area contributed by atoms with E-state index in [1.165, 1.54) is 0 Å². The molecule has 0 aromatic carbocycles. The lowest BCUT2D eigenvalue weighted by Crippen LogP contribution is -2.30. The van der Waals surface area contributed by atoms with Crippen LogP contribution in [0.3, 0.4) is 0 Å². The maximum absolute atomic E-state index is 10.9. The first kappa shape index (κ1) is 7.48. The highest BCUT2D eigenvalue weighted by atomic mass is 16.1. The highest BCUT2D eigenvalue weighted by Crippen LogP contribution is 2.23. The minimum Gasteiger partial charge on any atom is -0.321 e. The van der Waals surface area contributed by atoms with Crippen LogP contribution in [0.2, 0.25) is 0 Å². The molecule has 1 fully saturated rings. The average molecular weight is 139 g/mol. The molecule has 2 nitrogen and oxygen atoms in total. The summed E-state index contributed by atoms with van der Waals surface area (Å²) in [7, 11) is 0. The van der Waals surface area contributed by atoms with Gasteiger partial charge < -0.3 is 5.73 Å². The maximum atomic E-state index is 10.9. The van der Waals surface area contributed by atoms with E-state index in [0.717, 1.165) is 12.8 Å². The summed E-state index contributed by atoms with van der Waals surface area (Å²) < 4.78 is 0. The summed E-state index contributed by atoms with van der Waals surface area (Å²) in [6, 6.07) is -0.210. The third-order valence-electron chi connectivity index (χ3n) is 2.11. The third kappa shape index (κ3) is 1.27. The smallest absolute Gasteiger partial charge is 0.149 e. The Kier molecular flexibility index (Phi) is 2.22. The maximum Gasteiger partial charge on any atom is 0.149 e. The fourth-order valence-corrected chi connectivity index (χ4v) is 1.42. The van der Waals surface area contributed by atoms with Crippen molar-refractivity contribution in [3.63, 3.8) is 0 Å². The van der Waals surface area contributed by atoms with Crippen molar-refractivity contribution < 1.29 is 4.79 Å². The van der Waals surface area contributed by atoms with Gasteiger partial charge in [-0.1, -0.05) is 6.08 Å². The standard InChI is InChI=1S/C8H13NO/c1-2-3-6-4-5-7(10)8(6)9/h2,6,8H,1,3-5,9H2. The SMILES string of the molecule is C=CCC1CCC(=O)C1N. The quantitative estimate of drug-likeness (QED) is 0.577. The van der Waals surface area contributed by atoms with Gasteiger partial charge in [-0.2, -0.15) is 0 Å². The molecule has 10 heavy (non-hydrogen) atoms. The summed E-state index contributed by atoms with van der Waals surface area (Å²) in [5.74, 6) is 0.580. The number of hydrogen-bond acceptors (Lipinski definition) is 2. The minimum atomic E-state index is -0.210. The summed E-state index contributed by atoms with van der Waals surface area (Å²) >= 11 is 0. The van der Waals surface area contributed by atoms with E-state index in [-0.39, 0.29) is 11.8 Å². The van der Waals surface area contributed by atoms with Gasteiger partial charge in [0.15, 0.2) is 0 Å². The van der Waals surface area contributed by atoms with Gasteiger partial charge in [0.05, 0.1) is 6.04 Å². The topological polar surface area (TPSA) is 43.1 Å². The highest BCUT2D eigenvalue weighted by molar-refractivity contribution is 5.86. The molecular formula is C8H13NO. The molecule has 1 saturated carbocycles. The molecule has 1 rings (SSSR count). The van der Waals surface area contributed by atoms with E-state index < -0.39 is 0 Å². The Morgan fingerprint density at radius 1 is 1.80 bits per heavy atom. The van der Waals surface area contributed by atoms with Crippen molar-refractivity contribution >= 4 is 5.78 Å². The highest BCUT2D eigenvalue weighted by Gasteiger charge is 2.29. The van der Waals surface area contributed by atoms with E-state index in [1.54, 1.807) is 0 Å².